The predicted molar refractivity (Wildman–Crippen MR) is 67.3 cm³/mol. The van der Waals surface area contributed by atoms with E-state index in [0.717, 1.165) is 25.9 Å². The van der Waals surface area contributed by atoms with Gasteiger partial charge in [-0.15, -0.1) is 0 Å². The molecule has 2 aliphatic rings. The van der Waals surface area contributed by atoms with Crippen LogP contribution in [0.2, 0.25) is 0 Å². The first-order chi connectivity index (χ1) is 8.59. The van der Waals surface area contributed by atoms with Crippen LogP contribution in [-0.2, 0) is 4.79 Å². The fraction of sp³-hybridized carbons (Fsp3) is 0.846. The molecule has 5 nitrogen and oxygen atoms in total. The van der Waals surface area contributed by atoms with Gasteiger partial charge in [-0.3, -0.25) is 4.79 Å². The number of hydrogen-bond donors (Lipinski definition) is 1. The number of urea groups is 1. The van der Waals surface area contributed by atoms with Crippen LogP contribution in [0.1, 0.15) is 32.6 Å². The third-order valence-electron chi connectivity index (χ3n) is 4.08. The van der Waals surface area contributed by atoms with Crippen LogP contribution in [0.3, 0.4) is 0 Å². The normalized spacial score (nSPS) is 29.2. The molecule has 0 aromatic carbocycles. The molecule has 18 heavy (non-hydrogen) atoms. The van der Waals surface area contributed by atoms with Crippen molar-refractivity contribution in [3.8, 4) is 0 Å². The quantitative estimate of drug-likeness (QED) is 0.773. The Morgan fingerprint density at radius 3 is 2.11 bits per heavy atom. The summed E-state index contributed by atoms with van der Waals surface area (Å²) in [5.41, 5.74) is 0. The van der Waals surface area contributed by atoms with Crippen LogP contribution in [0, 0.1) is 11.8 Å². The Hall–Kier alpha value is -1.26. The largest absolute Gasteiger partial charge is 0.481 e. The van der Waals surface area contributed by atoms with Crippen LogP contribution in [0.15, 0.2) is 0 Å². The Bertz CT molecular complexity index is 324. The number of carbonyl (C=O) groups is 2. The molecule has 2 rings (SSSR count). The van der Waals surface area contributed by atoms with Crippen molar-refractivity contribution in [2.24, 2.45) is 11.8 Å². The minimum absolute atomic E-state index is 0.0347. The van der Waals surface area contributed by atoms with Gasteiger partial charge in [-0.2, -0.15) is 0 Å². The smallest absolute Gasteiger partial charge is 0.320 e. The van der Waals surface area contributed by atoms with E-state index in [1.54, 1.807) is 4.90 Å². The number of carbonyl (C=O) groups excluding carboxylic acids is 1. The summed E-state index contributed by atoms with van der Waals surface area (Å²) in [5, 5.41) is 9.09. The number of carboxylic acids is 1. The highest BCUT2D eigenvalue weighted by Gasteiger charge is 2.38. The van der Waals surface area contributed by atoms with Crippen LogP contribution in [0.25, 0.3) is 0 Å². The summed E-state index contributed by atoms with van der Waals surface area (Å²) in [6.45, 7) is 4.50. The molecule has 0 saturated carbocycles. The van der Waals surface area contributed by atoms with Gasteiger partial charge >= 0.3 is 12.0 Å². The third-order valence-corrected chi connectivity index (χ3v) is 4.08. The Labute approximate surface area is 108 Å². The average Bonchev–Trinajstić information content (AvgIpc) is 2.56. The number of aliphatic carboxylic acids is 1. The van der Waals surface area contributed by atoms with E-state index in [0.29, 0.717) is 13.1 Å². The fourth-order valence-corrected chi connectivity index (χ4v) is 2.91. The molecule has 2 heterocycles. The van der Waals surface area contributed by atoms with Gasteiger partial charge in [-0.25, -0.2) is 4.79 Å². The van der Waals surface area contributed by atoms with Crippen molar-refractivity contribution < 1.29 is 14.7 Å². The number of hydrogen-bond acceptors (Lipinski definition) is 2. The van der Waals surface area contributed by atoms with E-state index in [9.17, 15) is 9.59 Å². The summed E-state index contributed by atoms with van der Waals surface area (Å²) in [6, 6.07) is 0.0347. The summed E-state index contributed by atoms with van der Waals surface area (Å²) in [7, 11) is 0. The molecule has 1 N–H and O–H groups in total. The number of carboxylic acid groups (broad SMARTS) is 1. The van der Waals surface area contributed by atoms with Gasteiger partial charge in [0.15, 0.2) is 0 Å². The summed E-state index contributed by atoms with van der Waals surface area (Å²) >= 11 is 0. The lowest BCUT2D eigenvalue weighted by Gasteiger charge is -2.26. The van der Waals surface area contributed by atoms with Gasteiger partial charge in [0.2, 0.25) is 0 Å². The minimum Gasteiger partial charge on any atom is -0.481 e. The third kappa shape index (κ3) is 2.76. The predicted octanol–water partition coefficient (Wildman–Crippen LogP) is 1.63. The molecule has 0 aromatic rings. The lowest BCUT2D eigenvalue weighted by molar-refractivity contribution is -0.142. The van der Waals surface area contributed by atoms with Crippen molar-refractivity contribution in [1.29, 1.82) is 0 Å². The van der Waals surface area contributed by atoms with Gasteiger partial charge in [0.1, 0.15) is 0 Å². The SMILES string of the molecule is CC1CN(C(=O)N2CCCCCC2)CC1C(=O)O. The van der Waals surface area contributed by atoms with Gasteiger partial charge in [-0.1, -0.05) is 19.8 Å². The lowest BCUT2D eigenvalue weighted by Crippen LogP contribution is -2.42. The van der Waals surface area contributed by atoms with Crippen LogP contribution in [0.5, 0.6) is 0 Å². The monoisotopic (exact) mass is 254 g/mol. The van der Waals surface area contributed by atoms with Crippen molar-refractivity contribution in [3.05, 3.63) is 0 Å². The molecule has 0 spiro atoms. The van der Waals surface area contributed by atoms with E-state index < -0.39 is 11.9 Å². The summed E-state index contributed by atoms with van der Waals surface area (Å²) < 4.78 is 0. The first-order valence-corrected chi connectivity index (χ1v) is 6.86. The second-order valence-electron chi connectivity index (χ2n) is 5.51. The molecule has 2 amide bonds. The van der Waals surface area contributed by atoms with Gasteiger partial charge in [-0.05, 0) is 18.8 Å². The second kappa shape index (κ2) is 5.59. The Balaban J connectivity index is 1.95. The first kappa shape index (κ1) is 13.2. The van der Waals surface area contributed by atoms with E-state index >= 15 is 0 Å². The van der Waals surface area contributed by atoms with Gasteiger partial charge in [0.05, 0.1) is 5.92 Å². The molecule has 102 valence electrons. The molecule has 5 heteroatoms. The van der Waals surface area contributed by atoms with Gasteiger partial charge < -0.3 is 14.9 Å². The van der Waals surface area contributed by atoms with Crippen molar-refractivity contribution in [2.75, 3.05) is 26.2 Å². The van der Waals surface area contributed by atoms with Crippen LogP contribution < -0.4 is 0 Å². The number of nitrogens with zero attached hydrogens (tertiary/aromatic N) is 2. The maximum atomic E-state index is 12.3. The van der Waals surface area contributed by atoms with Crippen molar-refractivity contribution in [3.63, 3.8) is 0 Å². The first-order valence-electron chi connectivity index (χ1n) is 6.86. The number of likely N-dealkylation sites (tertiary alicyclic amines) is 2. The Morgan fingerprint density at radius 2 is 1.61 bits per heavy atom. The molecule has 2 atom stereocenters. The lowest BCUT2D eigenvalue weighted by atomic mass is 9.99. The minimum atomic E-state index is -0.784. The van der Waals surface area contributed by atoms with E-state index in [4.69, 9.17) is 5.11 Å². The average molecular weight is 254 g/mol. The molecule has 0 radical (unpaired) electrons. The molecular formula is C13H22N2O3. The highest BCUT2D eigenvalue weighted by molar-refractivity contribution is 5.77. The number of amides is 2. The van der Waals surface area contributed by atoms with Crippen molar-refractivity contribution >= 4 is 12.0 Å². The van der Waals surface area contributed by atoms with Crippen molar-refractivity contribution in [2.45, 2.75) is 32.6 Å². The van der Waals surface area contributed by atoms with Crippen LogP contribution in [0.4, 0.5) is 4.79 Å². The molecule has 2 unspecified atom stereocenters. The van der Waals surface area contributed by atoms with E-state index in [2.05, 4.69) is 0 Å². The summed E-state index contributed by atoms with van der Waals surface area (Å²) in [5.74, 6) is -1.13. The maximum Gasteiger partial charge on any atom is 0.320 e. The molecule has 0 aromatic heterocycles. The Kier molecular flexibility index (Phi) is 4.09. The fourth-order valence-electron chi connectivity index (χ4n) is 2.91. The molecule has 0 bridgehead atoms. The Morgan fingerprint density at radius 1 is 1.00 bits per heavy atom. The van der Waals surface area contributed by atoms with E-state index in [1.165, 1.54) is 12.8 Å². The highest BCUT2D eigenvalue weighted by atomic mass is 16.4. The maximum absolute atomic E-state index is 12.3. The van der Waals surface area contributed by atoms with E-state index in [1.807, 2.05) is 11.8 Å². The number of rotatable bonds is 1. The zero-order valence-corrected chi connectivity index (χ0v) is 11.0. The molecule has 0 aliphatic carbocycles. The van der Waals surface area contributed by atoms with E-state index in [-0.39, 0.29) is 11.9 Å². The standard InChI is InChI=1S/C13H22N2O3/c1-10-8-15(9-11(10)12(16)17)13(18)14-6-4-2-3-5-7-14/h10-11H,2-9H2,1H3,(H,16,17). The molecule has 2 fully saturated rings. The van der Waals surface area contributed by atoms with Crippen molar-refractivity contribution in [1.82, 2.24) is 9.80 Å². The molecular weight excluding hydrogens is 232 g/mol. The summed E-state index contributed by atoms with van der Waals surface area (Å²) in [4.78, 5) is 27.0. The van der Waals surface area contributed by atoms with Crippen LogP contribution >= 0.6 is 0 Å². The summed E-state index contributed by atoms with van der Waals surface area (Å²) in [6.07, 6.45) is 4.52. The molecule has 2 saturated heterocycles. The topological polar surface area (TPSA) is 60.9 Å². The van der Waals surface area contributed by atoms with Gasteiger partial charge in [0.25, 0.3) is 0 Å². The second-order valence-corrected chi connectivity index (χ2v) is 5.51. The highest BCUT2D eigenvalue weighted by Crippen LogP contribution is 2.24. The van der Waals surface area contributed by atoms with Crippen LogP contribution in [-0.4, -0.2) is 53.1 Å². The molecule has 2 aliphatic heterocycles. The van der Waals surface area contributed by atoms with Gasteiger partial charge in [0, 0.05) is 26.2 Å². The zero-order chi connectivity index (χ0) is 13.1. The zero-order valence-electron chi connectivity index (χ0n) is 11.0.